The van der Waals surface area contributed by atoms with E-state index in [1.807, 2.05) is 0 Å². The molecule has 1 aromatic heterocycles. The predicted molar refractivity (Wildman–Crippen MR) is 81.0 cm³/mol. The Morgan fingerprint density at radius 2 is 2.19 bits per heavy atom. The van der Waals surface area contributed by atoms with Gasteiger partial charge in [0.2, 0.25) is 5.91 Å². The average molecular weight is 306 g/mol. The van der Waals surface area contributed by atoms with Crippen molar-refractivity contribution in [1.82, 2.24) is 10.2 Å². The highest BCUT2D eigenvalue weighted by Crippen LogP contribution is 2.21. The molecule has 0 spiro atoms. The molecule has 0 aliphatic carbocycles. The molecule has 2 N–H and O–H groups in total. The van der Waals surface area contributed by atoms with E-state index in [1.165, 1.54) is 11.3 Å². The predicted octanol–water partition coefficient (Wildman–Crippen LogP) is 0.690. The van der Waals surface area contributed by atoms with E-state index < -0.39 is 0 Å². The molecular formula is C15H18N2O3S. The van der Waals surface area contributed by atoms with Crippen molar-refractivity contribution in [3.05, 3.63) is 21.9 Å². The lowest BCUT2D eigenvalue weighted by Crippen LogP contribution is -2.42. The van der Waals surface area contributed by atoms with E-state index in [9.17, 15) is 9.59 Å². The number of nitrogens with zero attached hydrogens (tertiary/aromatic N) is 1. The van der Waals surface area contributed by atoms with Gasteiger partial charge in [-0.1, -0.05) is 11.8 Å². The van der Waals surface area contributed by atoms with Crippen LogP contribution >= 0.6 is 11.3 Å². The van der Waals surface area contributed by atoms with E-state index in [-0.39, 0.29) is 24.3 Å². The maximum atomic E-state index is 12.4. The van der Waals surface area contributed by atoms with Crippen molar-refractivity contribution >= 4 is 23.2 Å². The Bertz CT molecular complexity index is 577. The van der Waals surface area contributed by atoms with Crippen LogP contribution in [0.1, 0.15) is 28.1 Å². The molecule has 0 aromatic carbocycles. The van der Waals surface area contributed by atoms with Gasteiger partial charge in [-0.2, -0.15) is 0 Å². The highest BCUT2D eigenvalue weighted by Gasteiger charge is 2.27. The summed E-state index contributed by atoms with van der Waals surface area (Å²) >= 11 is 1.39. The van der Waals surface area contributed by atoms with E-state index in [0.717, 1.165) is 4.88 Å². The van der Waals surface area contributed by atoms with Crippen LogP contribution < -0.4 is 5.32 Å². The second-order valence-electron chi connectivity index (χ2n) is 4.84. The molecule has 2 heterocycles. The second kappa shape index (κ2) is 7.25. The molecule has 1 saturated heterocycles. The van der Waals surface area contributed by atoms with Crippen molar-refractivity contribution in [3.8, 4) is 11.8 Å². The van der Waals surface area contributed by atoms with Crippen LogP contribution in [0.15, 0.2) is 11.4 Å². The number of thiophene rings is 1. The zero-order valence-corrected chi connectivity index (χ0v) is 12.7. The topological polar surface area (TPSA) is 69.6 Å². The number of hydrogen-bond donors (Lipinski definition) is 2. The fraction of sp³-hybridized carbons (Fsp3) is 0.467. The normalized spacial score (nSPS) is 15.2. The molecule has 0 atom stereocenters. The molecule has 1 aliphatic heterocycles. The molecule has 5 nitrogen and oxygen atoms in total. The number of aliphatic hydroxyl groups excluding tert-OH is 1. The first-order valence-electron chi connectivity index (χ1n) is 6.85. The molecule has 21 heavy (non-hydrogen) atoms. The number of piperidine rings is 1. The van der Waals surface area contributed by atoms with Crippen molar-refractivity contribution in [2.45, 2.75) is 12.8 Å². The van der Waals surface area contributed by atoms with Gasteiger partial charge < -0.3 is 15.3 Å². The van der Waals surface area contributed by atoms with Crippen molar-refractivity contribution in [1.29, 1.82) is 0 Å². The van der Waals surface area contributed by atoms with Gasteiger partial charge in [0, 0.05) is 31.4 Å². The van der Waals surface area contributed by atoms with Gasteiger partial charge in [-0.25, -0.2) is 0 Å². The summed E-state index contributed by atoms with van der Waals surface area (Å²) in [6.07, 6.45) is 1.40. The van der Waals surface area contributed by atoms with Crippen LogP contribution in [0.25, 0.3) is 0 Å². The Morgan fingerprint density at radius 3 is 2.81 bits per heavy atom. The van der Waals surface area contributed by atoms with E-state index in [4.69, 9.17) is 5.11 Å². The first-order valence-corrected chi connectivity index (χ1v) is 7.72. The molecule has 0 unspecified atom stereocenters. The number of hydrogen-bond acceptors (Lipinski definition) is 4. The maximum Gasteiger partial charge on any atom is 0.254 e. The van der Waals surface area contributed by atoms with E-state index in [0.29, 0.717) is 31.5 Å². The molecular weight excluding hydrogens is 288 g/mol. The molecule has 0 bridgehead atoms. The Kier molecular flexibility index (Phi) is 5.37. The van der Waals surface area contributed by atoms with Gasteiger partial charge in [0.15, 0.2) is 0 Å². The van der Waals surface area contributed by atoms with Crippen LogP contribution in [-0.4, -0.2) is 48.6 Å². The third kappa shape index (κ3) is 3.84. The maximum absolute atomic E-state index is 12.4. The first kappa shape index (κ1) is 15.5. The number of carbonyl (C=O) groups is 2. The van der Waals surface area contributed by atoms with Crippen molar-refractivity contribution < 1.29 is 14.7 Å². The van der Waals surface area contributed by atoms with Crippen LogP contribution in [0.3, 0.4) is 0 Å². The number of carbonyl (C=O) groups excluding carboxylic acids is 2. The highest BCUT2D eigenvalue weighted by atomic mass is 32.1. The Labute approximate surface area is 128 Å². The number of nitrogens with one attached hydrogen (secondary N) is 1. The third-order valence-electron chi connectivity index (χ3n) is 3.54. The fourth-order valence-electron chi connectivity index (χ4n) is 2.37. The van der Waals surface area contributed by atoms with Crippen LogP contribution in [-0.2, 0) is 4.79 Å². The molecule has 6 heteroatoms. The summed E-state index contributed by atoms with van der Waals surface area (Å²) in [5.74, 6) is 5.41. The van der Waals surface area contributed by atoms with E-state index in [1.54, 1.807) is 23.4 Å². The second-order valence-corrected chi connectivity index (χ2v) is 5.75. The molecule has 112 valence electrons. The first-order chi connectivity index (χ1) is 10.2. The summed E-state index contributed by atoms with van der Waals surface area (Å²) in [7, 11) is 1.64. The van der Waals surface area contributed by atoms with Gasteiger partial charge in [-0.3, -0.25) is 9.59 Å². The number of amides is 2. The molecule has 0 saturated carbocycles. The lowest BCUT2D eigenvalue weighted by molar-refractivity contribution is -0.125. The van der Waals surface area contributed by atoms with Crippen LogP contribution in [0.2, 0.25) is 0 Å². The Balaban J connectivity index is 1.95. The van der Waals surface area contributed by atoms with Gasteiger partial charge in [0.1, 0.15) is 6.61 Å². The smallest absolute Gasteiger partial charge is 0.254 e. The molecule has 1 aliphatic rings. The van der Waals surface area contributed by atoms with E-state index >= 15 is 0 Å². The SMILES string of the molecule is CNC(=O)C1CCN(C(=O)c2csc(C#CCO)c2)CC1. The lowest BCUT2D eigenvalue weighted by atomic mass is 9.95. The number of aliphatic hydroxyl groups is 1. The number of likely N-dealkylation sites (tertiary alicyclic amines) is 1. The minimum atomic E-state index is -0.186. The van der Waals surface area contributed by atoms with Crippen LogP contribution in [0, 0.1) is 17.8 Å². The van der Waals surface area contributed by atoms with Gasteiger partial charge in [-0.05, 0) is 18.9 Å². The molecule has 2 amide bonds. The van der Waals surface area contributed by atoms with Gasteiger partial charge in [0.05, 0.1) is 10.4 Å². The minimum absolute atomic E-state index is 0.00695. The van der Waals surface area contributed by atoms with Crippen LogP contribution in [0.4, 0.5) is 0 Å². The summed E-state index contributed by atoms with van der Waals surface area (Å²) in [5, 5.41) is 13.1. The Morgan fingerprint density at radius 1 is 1.48 bits per heavy atom. The standard InChI is InChI=1S/C15H18N2O3S/c1-16-14(19)11-4-6-17(7-5-11)15(20)12-9-13(21-10-12)3-2-8-18/h9-11,18H,4-8H2,1H3,(H,16,19). The van der Waals surface area contributed by atoms with Crippen molar-refractivity contribution in [3.63, 3.8) is 0 Å². The summed E-state index contributed by atoms with van der Waals surface area (Å²) in [4.78, 5) is 26.5. The summed E-state index contributed by atoms with van der Waals surface area (Å²) in [5.41, 5.74) is 0.626. The van der Waals surface area contributed by atoms with Gasteiger partial charge in [0.25, 0.3) is 5.91 Å². The van der Waals surface area contributed by atoms with Crippen molar-refractivity contribution in [2.75, 3.05) is 26.7 Å². The molecule has 2 rings (SSSR count). The van der Waals surface area contributed by atoms with E-state index in [2.05, 4.69) is 17.2 Å². The average Bonchev–Trinajstić information content (AvgIpc) is 3.00. The van der Waals surface area contributed by atoms with Gasteiger partial charge >= 0.3 is 0 Å². The van der Waals surface area contributed by atoms with Crippen LogP contribution in [0.5, 0.6) is 0 Å². The highest BCUT2D eigenvalue weighted by molar-refractivity contribution is 7.10. The summed E-state index contributed by atoms with van der Waals surface area (Å²) in [6, 6.07) is 1.75. The summed E-state index contributed by atoms with van der Waals surface area (Å²) in [6.45, 7) is 1.02. The minimum Gasteiger partial charge on any atom is -0.384 e. The monoisotopic (exact) mass is 306 g/mol. The zero-order valence-electron chi connectivity index (χ0n) is 11.9. The van der Waals surface area contributed by atoms with Crippen molar-refractivity contribution in [2.24, 2.45) is 5.92 Å². The van der Waals surface area contributed by atoms with Gasteiger partial charge in [-0.15, -0.1) is 11.3 Å². The molecule has 1 fully saturated rings. The Hall–Kier alpha value is -1.84. The molecule has 1 aromatic rings. The third-order valence-corrected chi connectivity index (χ3v) is 4.38. The summed E-state index contributed by atoms with van der Waals surface area (Å²) < 4.78 is 0. The number of rotatable bonds is 2. The lowest BCUT2D eigenvalue weighted by Gasteiger charge is -2.30. The largest absolute Gasteiger partial charge is 0.384 e. The quantitative estimate of drug-likeness (QED) is 0.790. The molecule has 0 radical (unpaired) electrons. The zero-order chi connectivity index (χ0) is 15.2. The fourth-order valence-corrected chi connectivity index (χ4v) is 3.12.